The van der Waals surface area contributed by atoms with E-state index in [0.717, 1.165) is 75.6 Å². The summed E-state index contributed by atoms with van der Waals surface area (Å²) in [7, 11) is 0. The molecule has 1 unspecified atom stereocenters. The molecule has 5 heterocycles. The fourth-order valence-corrected chi connectivity index (χ4v) is 5.22. The standard InChI is InChI=1S/C26H32N6O/c1-2-24-28-13-17-32(24)25-9-3-7-22(29-25)23-8-5-14-31(23)26(33)21-10-15-30(16-11-21)19-20-6-4-12-27-18-20/h3-4,6-7,9,12-13,17-18,21,23H,2,5,8,10-11,14-16,19H2,1H3. The molecule has 0 radical (unpaired) electrons. The average molecular weight is 445 g/mol. The Kier molecular flexibility index (Phi) is 6.48. The van der Waals surface area contributed by atoms with Gasteiger partial charge in [-0.15, -0.1) is 0 Å². The van der Waals surface area contributed by atoms with E-state index in [1.54, 1.807) is 0 Å². The first kappa shape index (κ1) is 21.8. The minimum Gasteiger partial charge on any atom is -0.334 e. The van der Waals surface area contributed by atoms with Crippen molar-refractivity contribution in [3.63, 3.8) is 0 Å². The lowest BCUT2D eigenvalue weighted by Gasteiger charge is -2.34. The van der Waals surface area contributed by atoms with E-state index in [2.05, 4.69) is 44.9 Å². The number of piperidine rings is 1. The molecular weight excluding hydrogens is 412 g/mol. The number of carbonyl (C=O) groups is 1. The van der Waals surface area contributed by atoms with Gasteiger partial charge in [-0.1, -0.05) is 19.1 Å². The molecule has 0 saturated carbocycles. The van der Waals surface area contributed by atoms with Crippen molar-refractivity contribution in [1.29, 1.82) is 0 Å². The van der Waals surface area contributed by atoms with Gasteiger partial charge in [-0.2, -0.15) is 0 Å². The minimum absolute atomic E-state index is 0.0690. The largest absolute Gasteiger partial charge is 0.334 e. The van der Waals surface area contributed by atoms with E-state index in [9.17, 15) is 4.79 Å². The van der Waals surface area contributed by atoms with Gasteiger partial charge in [0.15, 0.2) is 0 Å². The fraction of sp³-hybridized carbons (Fsp3) is 0.462. The maximum atomic E-state index is 13.5. The van der Waals surface area contributed by atoms with Gasteiger partial charge < -0.3 is 4.90 Å². The number of hydrogen-bond donors (Lipinski definition) is 0. The highest BCUT2D eigenvalue weighted by atomic mass is 16.2. The molecule has 1 amide bonds. The monoisotopic (exact) mass is 444 g/mol. The summed E-state index contributed by atoms with van der Waals surface area (Å²) in [6.07, 6.45) is 12.2. The number of pyridine rings is 2. The lowest BCUT2D eigenvalue weighted by Crippen LogP contribution is -2.42. The SMILES string of the molecule is CCc1nccn1-c1cccc(C2CCCN2C(=O)C2CCN(Cc3cccnc3)CC2)n1. The first-order valence-electron chi connectivity index (χ1n) is 12.1. The Morgan fingerprint density at radius 3 is 2.73 bits per heavy atom. The Morgan fingerprint density at radius 1 is 1.06 bits per heavy atom. The fourth-order valence-electron chi connectivity index (χ4n) is 5.22. The number of hydrogen-bond acceptors (Lipinski definition) is 5. The number of aromatic nitrogens is 4. The normalized spacial score (nSPS) is 19.8. The van der Waals surface area contributed by atoms with E-state index >= 15 is 0 Å². The van der Waals surface area contributed by atoms with Gasteiger partial charge in [-0.25, -0.2) is 9.97 Å². The van der Waals surface area contributed by atoms with E-state index in [1.165, 1.54) is 5.56 Å². The molecule has 2 saturated heterocycles. The molecule has 3 aromatic heterocycles. The third-order valence-electron chi connectivity index (χ3n) is 6.98. The lowest BCUT2D eigenvalue weighted by molar-refractivity contribution is -0.138. The van der Waals surface area contributed by atoms with Crippen molar-refractivity contribution in [3.05, 3.63) is 72.2 Å². The van der Waals surface area contributed by atoms with Gasteiger partial charge in [-0.05, 0) is 62.5 Å². The van der Waals surface area contributed by atoms with Gasteiger partial charge in [0.05, 0.1) is 11.7 Å². The zero-order valence-electron chi connectivity index (χ0n) is 19.3. The van der Waals surface area contributed by atoms with Gasteiger partial charge in [0.25, 0.3) is 0 Å². The Bertz CT molecular complexity index is 1070. The van der Waals surface area contributed by atoms with Crippen LogP contribution in [0.3, 0.4) is 0 Å². The molecule has 0 aromatic carbocycles. The molecular formula is C26H32N6O. The molecule has 0 N–H and O–H groups in total. The van der Waals surface area contributed by atoms with E-state index in [4.69, 9.17) is 4.98 Å². The van der Waals surface area contributed by atoms with Crippen molar-refractivity contribution in [2.24, 2.45) is 5.92 Å². The zero-order valence-corrected chi connectivity index (χ0v) is 19.3. The maximum Gasteiger partial charge on any atom is 0.226 e. The number of carbonyl (C=O) groups excluding carboxylic acids is 1. The molecule has 0 spiro atoms. The molecule has 33 heavy (non-hydrogen) atoms. The number of amides is 1. The van der Waals surface area contributed by atoms with Gasteiger partial charge in [-0.3, -0.25) is 19.2 Å². The van der Waals surface area contributed by atoms with Crippen molar-refractivity contribution in [3.8, 4) is 5.82 Å². The van der Waals surface area contributed by atoms with Crippen LogP contribution in [0, 0.1) is 5.92 Å². The van der Waals surface area contributed by atoms with E-state index in [0.29, 0.717) is 5.91 Å². The van der Waals surface area contributed by atoms with Crippen LogP contribution in [-0.2, 0) is 17.8 Å². The Hall–Kier alpha value is -3.06. The molecule has 2 aliphatic rings. The van der Waals surface area contributed by atoms with E-state index < -0.39 is 0 Å². The van der Waals surface area contributed by atoms with Gasteiger partial charge >= 0.3 is 0 Å². The molecule has 2 aliphatic heterocycles. The number of rotatable bonds is 6. The molecule has 2 fully saturated rings. The zero-order chi connectivity index (χ0) is 22.6. The molecule has 7 nitrogen and oxygen atoms in total. The highest BCUT2D eigenvalue weighted by Gasteiger charge is 2.36. The second-order valence-electron chi connectivity index (χ2n) is 9.09. The predicted molar refractivity (Wildman–Crippen MR) is 127 cm³/mol. The molecule has 5 rings (SSSR count). The van der Waals surface area contributed by atoms with Crippen molar-refractivity contribution < 1.29 is 4.79 Å². The van der Waals surface area contributed by atoms with Crippen LogP contribution in [0.5, 0.6) is 0 Å². The van der Waals surface area contributed by atoms with Crippen LogP contribution in [0.1, 0.15) is 55.7 Å². The van der Waals surface area contributed by atoms with E-state index in [1.807, 2.05) is 41.5 Å². The molecule has 0 aliphatic carbocycles. The molecule has 3 aromatic rings. The Balaban J connectivity index is 1.25. The molecule has 0 bridgehead atoms. The van der Waals surface area contributed by atoms with Gasteiger partial charge in [0.2, 0.25) is 5.91 Å². The third kappa shape index (κ3) is 4.69. The van der Waals surface area contributed by atoms with Crippen LogP contribution in [0.2, 0.25) is 0 Å². The third-order valence-corrected chi connectivity index (χ3v) is 6.98. The summed E-state index contributed by atoms with van der Waals surface area (Å²) in [4.78, 5) is 31.7. The Labute approximate surface area is 195 Å². The first-order valence-corrected chi connectivity index (χ1v) is 12.1. The van der Waals surface area contributed by atoms with Crippen molar-refractivity contribution in [2.45, 2.75) is 51.6 Å². The number of nitrogens with zero attached hydrogens (tertiary/aromatic N) is 6. The molecule has 7 heteroatoms. The van der Waals surface area contributed by atoms with Crippen molar-refractivity contribution in [2.75, 3.05) is 19.6 Å². The highest BCUT2D eigenvalue weighted by Crippen LogP contribution is 2.34. The van der Waals surface area contributed by atoms with Crippen LogP contribution in [0.4, 0.5) is 0 Å². The summed E-state index contributed by atoms with van der Waals surface area (Å²) >= 11 is 0. The summed E-state index contributed by atoms with van der Waals surface area (Å²) in [6, 6.07) is 10.3. The van der Waals surface area contributed by atoms with Crippen LogP contribution in [0.15, 0.2) is 55.1 Å². The van der Waals surface area contributed by atoms with Crippen LogP contribution in [0.25, 0.3) is 5.82 Å². The van der Waals surface area contributed by atoms with Crippen LogP contribution < -0.4 is 0 Å². The number of likely N-dealkylation sites (tertiary alicyclic amines) is 2. The molecule has 1 atom stereocenters. The smallest absolute Gasteiger partial charge is 0.226 e. The number of aryl methyl sites for hydroxylation is 1. The second kappa shape index (κ2) is 9.83. The summed E-state index contributed by atoms with van der Waals surface area (Å²) in [6.45, 7) is 5.75. The first-order chi connectivity index (χ1) is 16.2. The lowest BCUT2D eigenvalue weighted by atomic mass is 9.94. The minimum atomic E-state index is 0.0690. The summed E-state index contributed by atoms with van der Waals surface area (Å²) in [5, 5.41) is 0. The average Bonchev–Trinajstić information content (AvgIpc) is 3.55. The Morgan fingerprint density at radius 2 is 1.94 bits per heavy atom. The summed E-state index contributed by atoms with van der Waals surface area (Å²) < 4.78 is 2.04. The molecule has 172 valence electrons. The van der Waals surface area contributed by atoms with Gasteiger partial charge in [0.1, 0.15) is 11.6 Å². The highest BCUT2D eigenvalue weighted by molar-refractivity contribution is 5.79. The van der Waals surface area contributed by atoms with E-state index in [-0.39, 0.29) is 12.0 Å². The quantitative estimate of drug-likeness (QED) is 0.579. The second-order valence-corrected chi connectivity index (χ2v) is 9.09. The summed E-state index contributed by atoms with van der Waals surface area (Å²) in [5.41, 5.74) is 2.22. The maximum absolute atomic E-state index is 13.5. The topological polar surface area (TPSA) is 67.2 Å². The van der Waals surface area contributed by atoms with Crippen molar-refractivity contribution >= 4 is 5.91 Å². The van der Waals surface area contributed by atoms with Crippen LogP contribution >= 0.6 is 0 Å². The predicted octanol–water partition coefficient (Wildman–Crippen LogP) is 3.80. The van der Waals surface area contributed by atoms with Gasteiger partial charge in [0, 0.05) is 50.2 Å². The van der Waals surface area contributed by atoms with Crippen LogP contribution in [-0.4, -0.2) is 54.9 Å². The van der Waals surface area contributed by atoms with Crippen molar-refractivity contribution in [1.82, 2.24) is 29.3 Å². The summed E-state index contributed by atoms with van der Waals surface area (Å²) in [5.74, 6) is 2.30. The number of imidazole rings is 1.